The molecule has 3 aliphatic rings. The van der Waals surface area contributed by atoms with Crippen molar-refractivity contribution in [3.63, 3.8) is 0 Å². The lowest BCUT2D eigenvalue weighted by molar-refractivity contribution is -0.133. The Hall–Kier alpha value is -2.04. The van der Waals surface area contributed by atoms with Gasteiger partial charge in [-0.25, -0.2) is 0 Å². The van der Waals surface area contributed by atoms with E-state index in [0.717, 1.165) is 36.1 Å². The molecule has 0 spiro atoms. The number of nitrogens with one attached hydrogen (secondary N) is 1. The molecule has 0 unspecified atom stereocenters. The Morgan fingerprint density at radius 2 is 1.93 bits per heavy atom. The number of ether oxygens (including phenoxy) is 1. The molecule has 1 N–H and O–H groups in total. The zero-order valence-corrected chi connectivity index (χ0v) is 16.8. The molecule has 1 heterocycles. The number of rotatable bonds is 6. The molecule has 5 nitrogen and oxygen atoms in total. The largest absolute Gasteiger partial charge is 0.491 e. The molecule has 1 aromatic rings. The average molecular weight is 385 g/mol. The summed E-state index contributed by atoms with van der Waals surface area (Å²) in [6.45, 7) is 1.81. The van der Waals surface area contributed by atoms with Crippen LogP contribution in [0.25, 0.3) is 0 Å². The molecular formula is C23H32N2O3. The van der Waals surface area contributed by atoms with Crippen LogP contribution < -0.4 is 10.1 Å². The third kappa shape index (κ3) is 5.27. The van der Waals surface area contributed by atoms with Crippen LogP contribution in [0.1, 0.15) is 68.9 Å². The van der Waals surface area contributed by atoms with Gasteiger partial charge in [0.15, 0.2) is 0 Å². The highest BCUT2D eigenvalue weighted by molar-refractivity contribution is 5.77. The second-order valence-corrected chi connectivity index (χ2v) is 8.66. The maximum Gasteiger partial charge on any atom is 0.223 e. The van der Waals surface area contributed by atoms with Gasteiger partial charge in [0, 0.05) is 31.0 Å². The summed E-state index contributed by atoms with van der Waals surface area (Å²) in [4.78, 5) is 26.8. The molecular weight excluding hydrogens is 352 g/mol. The number of carbonyl (C=O) groups excluding carboxylic acids is 2. The second kappa shape index (κ2) is 8.97. The molecule has 1 aliphatic heterocycles. The molecule has 0 atom stereocenters. The molecule has 2 amide bonds. The van der Waals surface area contributed by atoms with E-state index in [-0.39, 0.29) is 11.8 Å². The van der Waals surface area contributed by atoms with Crippen molar-refractivity contribution in [2.75, 3.05) is 13.2 Å². The van der Waals surface area contributed by atoms with Gasteiger partial charge in [0.2, 0.25) is 11.8 Å². The van der Waals surface area contributed by atoms with Gasteiger partial charge in [-0.05, 0) is 49.7 Å². The first-order chi connectivity index (χ1) is 13.7. The van der Waals surface area contributed by atoms with Crippen LogP contribution in [-0.4, -0.2) is 35.9 Å². The van der Waals surface area contributed by atoms with Gasteiger partial charge in [-0.1, -0.05) is 31.4 Å². The first-order valence-corrected chi connectivity index (χ1v) is 11.0. The fourth-order valence-electron chi connectivity index (χ4n) is 4.37. The summed E-state index contributed by atoms with van der Waals surface area (Å²) in [6.07, 6.45) is 10.4. The molecule has 2 fully saturated rings. The Balaban J connectivity index is 1.35. The number of nitrogens with zero attached hydrogens (tertiary/aromatic N) is 1. The van der Waals surface area contributed by atoms with Crippen molar-refractivity contribution in [2.24, 2.45) is 5.92 Å². The number of benzene rings is 1. The quantitative estimate of drug-likeness (QED) is 0.815. The first-order valence-electron chi connectivity index (χ1n) is 11.0. The Morgan fingerprint density at radius 1 is 1.11 bits per heavy atom. The topological polar surface area (TPSA) is 58.6 Å². The zero-order valence-electron chi connectivity index (χ0n) is 16.8. The van der Waals surface area contributed by atoms with E-state index in [1.54, 1.807) is 0 Å². The van der Waals surface area contributed by atoms with Crippen LogP contribution in [0.2, 0.25) is 0 Å². The minimum absolute atomic E-state index is 0.137. The van der Waals surface area contributed by atoms with E-state index in [0.29, 0.717) is 44.5 Å². The molecule has 0 aromatic heterocycles. The Labute approximate surface area is 167 Å². The number of hydrogen-bond donors (Lipinski definition) is 1. The van der Waals surface area contributed by atoms with Gasteiger partial charge in [-0.3, -0.25) is 9.59 Å². The van der Waals surface area contributed by atoms with Crippen molar-refractivity contribution in [2.45, 2.75) is 76.8 Å². The standard InChI is InChI=1S/C23H32N2O3/c26-22(24-20-8-9-20)11-7-18-6-10-21-19(14-18)16-25(12-13-28-21)23(27)15-17-4-2-1-3-5-17/h6,10,14,17,20H,1-5,7-9,11-13,15-16H2,(H,24,26). The number of fused-ring (bicyclic) bond motifs is 1. The van der Waals surface area contributed by atoms with Gasteiger partial charge in [-0.15, -0.1) is 0 Å². The predicted octanol–water partition coefficient (Wildman–Crippen LogP) is 3.59. The summed E-state index contributed by atoms with van der Waals surface area (Å²) in [5.41, 5.74) is 2.20. The van der Waals surface area contributed by atoms with Gasteiger partial charge in [0.25, 0.3) is 0 Å². The van der Waals surface area contributed by atoms with Crippen LogP contribution >= 0.6 is 0 Å². The maximum atomic E-state index is 12.9. The SMILES string of the molecule is O=C(CCc1ccc2c(c1)CN(C(=O)CC1CCCCC1)CCO2)NC1CC1. The Morgan fingerprint density at radius 3 is 2.71 bits per heavy atom. The number of carbonyl (C=O) groups is 2. The second-order valence-electron chi connectivity index (χ2n) is 8.66. The lowest BCUT2D eigenvalue weighted by Gasteiger charge is -2.25. The van der Waals surface area contributed by atoms with Crippen molar-refractivity contribution in [3.05, 3.63) is 29.3 Å². The smallest absolute Gasteiger partial charge is 0.223 e. The highest BCUT2D eigenvalue weighted by atomic mass is 16.5. The minimum atomic E-state index is 0.137. The highest BCUT2D eigenvalue weighted by Crippen LogP contribution is 2.29. The molecule has 28 heavy (non-hydrogen) atoms. The zero-order chi connectivity index (χ0) is 19.3. The molecule has 0 bridgehead atoms. The molecule has 2 saturated carbocycles. The number of aryl methyl sites for hydroxylation is 1. The molecule has 152 valence electrons. The minimum Gasteiger partial charge on any atom is -0.491 e. The van der Waals surface area contributed by atoms with E-state index in [1.807, 2.05) is 17.0 Å². The average Bonchev–Trinajstić information content (AvgIpc) is 3.53. The summed E-state index contributed by atoms with van der Waals surface area (Å²) < 4.78 is 5.89. The van der Waals surface area contributed by atoms with Crippen LogP contribution in [0.5, 0.6) is 5.75 Å². The van der Waals surface area contributed by atoms with Crippen molar-refractivity contribution < 1.29 is 14.3 Å². The number of amides is 2. The van der Waals surface area contributed by atoms with Gasteiger partial charge in [0.05, 0.1) is 6.54 Å². The lowest BCUT2D eigenvalue weighted by atomic mass is 9.86. The third-order valence-corrected chi connectivity index (χ3v) is 6.23. The van der Waals surface area contributed by atoms with Crippen LogP contribution in [0, 0.1) is 5.92 Å². The fourth-order valence-corrected chi connectivity index (χ4v) is 4.37. The first kappa shape index (κ1) is 19.3. The van der Waals surface area contributed by atoms with E-state index in [2.05, 4.69) is 11.4 Å². The summed E-state index contributed by atoms with van der Waals surface area (Å²) in [6, 6.07) is 6.57. The highest BCUT2D eigenvalue weighted by Gasteiger charge is 2.25. The van der Waals surface area contributed by atoms with Crippen molar-refractivity contribution in [1.29, 1.82) is 0 Å². The van der Waals surface area contributed by atoms with E-state index in [4.69, 9.17) is 4.74 Å². The van der Waals surface area contributed by atoms with E-state index in [9.17, 15) is 9.59 Å². The Kier molecular flexibility index (Phi) is 6.18. The summed E-state index contributed by atoms with van der Waals surface area (Å²) in [7, 11) is 0. The van der Waals surface area contributed by atoms with Gasteiger partial charge in [-0.2, -0.15) is 0 Å². The molecule has 1 aromatic carbocycles. The fraction of sp³-hybridized carbons (Fsp3) is 0.652. The van der Waals surface area contributed by atoms with E-state index >= 15 is 0 Å². The summed E-state index contributed by atoms with van der Waals surface area (Å²) in [5.74, 6) is 1.83. The third-order valence-electron chi connectivity index (χ3n) is 6.23. The van der Waals surface area contributed by atoms with Crippen LogP contribution in [0.3, 0.4) is 0 Å². The van der Waals surface area contributed by atoms with E-state index < -0.39 is 0 Å². The number of hydrogen-bond acceptors (Lipinski definition) is 3. The van der Waals surface area contributed by atoms with Gasteiger partial charge in [0.1, 0.15) is 12.4 Å². The Bertz CT molecular complexity index is 708. The van der Waals surface area contributed by atoms with Crippen molar-refractivity contribution in [1.82, 2.24) is 10.2 Å². The van der Waals surface area contributed by atoms with Crippen LogP contribution in [0.4, 0.5) is 0 Å². The van der Waals surface area contributed by atoms with Crippen LogP contribution in [0.15, 0.2) is 18.2 Å². The maximum absolute atomic E-state index is 12.9. The van der Waals surface area contributed by atoms with E-state index in [1.165, 1.54) is 32.1 Å². The van der Waals surface area contributed by atoms with Crippen molar-refractivity contribution in [3.8, 4) is 5.75 Å². The predicted molar refractivity (Wildman–Crippen MR) is 108 cm³/mol. The van der Waals surface area contributed by atoms with Crippen LogP contribution in [-0.2, 0) is 22.6 Å². The molecule has 0 saturated heterocycles. The lowest BCUT2D eigenvalue weighted by Crippen LogP contribution is -2.34. The van der Waals surface area contributed by atoms with Crippen molar-refractivity contribution >= 4 is 11.8 Å². The normalized spacial score (nSPS) is 20.1. The molecule has 2 aliphatic carbocycles. The molecule has 0 radical (unpaired) electrons. The molecule has 4 rings (SSSR count). The van der Waals surface area contributed by atoms with Gasteiger partial charge < -0.3 is 15.0 Å². The van der Waals surface area contributed by atoms with Gasteiger partial charge >= 0.3 is 0 Å². The molecule has 5 heteroatoms. The monoisotopic (exact) mass is 384 g/mol. The summed E-state index contributed by atoms with van der Waals surface area (Å²) >= 11 is 0. The summed E-state index contributed by atoms with van der Waals surface area (Å²) in [5, 5.41) is 3.04.